The molecule has 7 heteroatoms. The highest BCUT2D eigenvalue weighted by Gasteiger charge is 2.15. The summed E-state index contributed by atoms with van der Waals surface area (Å²) in [7, 11) is 0. The Morgan fingerprint density at radius 2 is 2.00 bits per heavy atom. The van der Waals surface area contributed by atoms with E-state index in [0.29, 0.717) is 12.3 Å². The summed E-state index contributed by atoms with van der Waals surface area (Å²) in [4.78, 5) is 5.47. The summed E-state index contributed by atoms with van der Waals surface area (Å²) in [5, 5.41) is 8.40. The van der Waals surface area contributed by atoms with E-state index in [1.165, 1.54) is 12.1 Å². The van der Waals surface area contributed by atoms with Gasteiger partial charge in [0.05, 0.1) is 17.1 Å². The fourth-order valence-electron chi connectivity index (χ4n) is 1.90. The van der Waals surface area contributed by atoms with Crippen molar-refractivity contribution in [1.82, 2.24) is 15.2 Å². The first-order chi connectivity index (χ1) is 9.61. The smallest absolute Gasteiger partial charge is 0.312 e. The highest BCUT2D eigenvalue weighted by molar-refractivity contribution is 7.12. The van der Waals surface area contributed by atoms with Gasteiger partial charge < -0.3 is 10.2 Å². The van der Waals surface area contributed by atoms with Gasteiger partial charge in [0.1, 0.15) is 5.82 Å². The van der Waals surface area contributed by atoms with Crippen molar-refractivity contribution in [2.24, 2.45) is 0 Å². The fourth-order valence-corrected chi connectivity index (χ4v) is 2.85. The van der Waals surface area contributed by atoms with Gasteiger partial charge in [-0.15, -0.1) is 16.4 Å². The van der Waals surface area contributed by atoms with E-state index < -0.39 is 0 Å². The number of anilines is 1. The summed E-state index contributed by atoms with van der Waals surface area (Å²) in [6.07, 6.45) is 0.461. The van der Waals surface area contributed by atoms with Crippen molar-refractivity contribution >= 4 is 17.4 Å². The summed E-state index contributed by atoms with van der Waals surface area (Å²) in [5.41, 5.74) is 7.08. The number of hydrogen-bond acceptors (Lipinski definition) is 6. The zero-order chi connectivity index (χ0) is 14.1. The van der Waals surface area contributed by atoms with Crippen LogP contribution in [0.4, 0.5) is 10.4 Å². The van der Waals surface area contributed by atoms with E-state index in [-0.39, 0.29) is 11.8 Å². The molecule has 2 aromatic heterocycles. The molecular formula is C13H11FN4OS. The average molecular weight is 290 g/mol. The minimum Gasteiger partial charge on any atom is -0.408 e. The van der Waals surface area contributed by atoms with Gasteiger partial charge in [0.25, 0.3) is 0 Å². The topological polar surface area (TPSA) is 77.8 Å². The monoisotopic (exact) mass is 290 g/mol. The minimum absolute atomic E-state index is 0.0459. The molecule has 0 radical (unpaired) electrons. The molecule has 0 aliphatic heterocycles. The number of aryl methyl sites for hydroxylation is 1. The Balaban J connectivity index is 1.97. The van der Waals surface area contributed by atoms with Crippen molar-refractivity contribution in [2.45, 2.75) is 13.3 Å². The van der Waals surface area contributed by atoms with Crippen LogP contribution in [0.5, 0.6) is 0 Å². The third-order valence-electron chi connectivity index (χ3n) is 2.72. The standard InChI is InChI=1S/C13H11FN4OS/c1-7-16-12(8-2-4-9(14)5-3-8)10(20-7)6-11-17-18-13(15)19-11/h2-5H,6H2,1H3,(H2,15,18). The maximum absolute atomic E-state index is 13.0. The molecule has 0 saturated carbocycles. The van der Waals surface area contributed by atoms with E-state index in [1.807, 2.05) is 6.92 Å². The lowest BCUT2D eigenvalue weighted by Crippen LogP contribution is -1.89. The summed E-state index contributed by atoms with van der Waals surface area (Å²) >= 11 is 1.54. The molecule has 0 fully saturated rings. The second-order valence-electron chi connectivity index (χ2n) is 4.22. The van der Waals surface area contributed by atoms with Gasteiger partial charge in [-0.25, -0.2) is 9.37 Å². The SMILES string of the molecule is Cc1nc(-c2ccc(F)cc2)c(Cc2nnc(N)o2)s1. The molecule has 0 saturated heterocycles. The molecule has 20 heavy (non-hydrogen) atoms. The first-order valence-electron chi connectivity index (χ1n) is 5.92. The summed E-state index contributed by atoms with van der Waals surface area (Å²) in [6, 6.07) is 6.28. The Morgan fingerprint density at radius 1 is 1.25 bits per heavy atom. The number of nitrogens with zero attached hydrogens (tertiary/aromatic N) is 3. The molecule has 3 aromatic rings. The number of hydrogen-bond donors (Lipinski definition) is 1. The van der Waals surface area contributed by atoms with Gasteiger partial charge >= 0.3 is 6.01 Å². The van der Waals surface area contributed by atoms with Crippen molar-refractivity contribution in [2.75, 3.05) is 5.73 Å². The fraction of sp³-hybridized carbons (Fsp3) is 0.154. The van der Waals surface area contributed by atoms with Crippen molar-refractivity contribution in [3.05, 3.63) is 45.9 Å². The Kier molecular flexibility index (Phi) is 3.19. The van der Waals surface area contributed by atoms with E-state index in [4.69, 9.17) is 10.2 Å². The van der Waals surface area contributed by atoms with Crippen LogP contribution < -0.4 is 5.73 Å². The van der Waals surface area contributed by atoms with Crippen LogP contribution in [0, 0.1) is 12.7 Å². The third-order valence-corrected chi connectivity index (χ3v) is 3.69. The second-order valence-corrected chi connectivity index (χ2v) is 5.51. The molecule has 0 spiro atoms. The maximum atomic E-state index is 13.0. The van der Waals surface area contributed by atoms with Crippen LogP contribution in [0.15, 0.2) is 28.7 Å². The lowest BCUT2D eigenvalue weighted by atomic mass is 10.1. The molecule has 5 nitrogen and oxygen atoms in total. The number of nitrogen functional groups attached to an aromatic ring is 1. The van der Waals surface area contributed by atoms with Crippen LogP contribution in [0.25, 0.3) is 11.3 Å². The van der Waals surface area contributed by atoms with Crippen LogP contribution in [-0.4, -0.2) is 15.2 Å². The van der Waals surface area contributed by atoms with Gasteiger partial charge in [0.2, 0.25) is 5.89 Å². The van der Waals surface area contributed by atoms with Crippen LogP contribution in [-0.2, 0) is 6.42 Å². The number of benzene rings is 1. The highest BCUT2D eigenvalue weighted by Crippen LogP contribution is 2.30. The second kappa shape index (κ2) is 5.01. The minimum atomic E-state index is -0.271. The number of halogens is 1. The van der Waals surface area contributed by atoms with Crippen LogP contribution in [0.1, 0.15) is 15.8 Å². The first-order valence-corrected chi connectivity index (χ1v) is 6.73. The van der Waals surface area contributed by atoms with Crippen LogP contribution in [0.3, 0.4) is 0 Å². The van der Waals surface area contributed by atoms with E-state index in [9.17, 15) is 4.39 Å². The van der Waals surface area contributed by atoms with Gasteiger partial charge in [-0.1, -0.05) is 5.10 Å². The molecule has 0 aliphatic carbocycles. The molecule has 0 amide bonds. The van der Waals surface area contributed by atoms with E-state index >= 15 is 0 Å². The predicted molar refractivity (Wildman–Crippen MR) is 73.8 cm³/mol. The van der Waals surface area contributed by atoms with Crippen molar-refractivity contribution in [3.8, 4) is 11.3 Å². The molecule has 0 unspecified atom stereocenters. The summed E-state index contributed by atoms with van der Waals surface area (Å²) < 4.78 is 18.2. The molecule has 0 bridgehead atoms. The van der Waals surface area contributed by atoms with Gasteiger partial charge in [-0.3, -0.25) is 0 Å². The van der Waals surface area contributed by atoms with Crippen LogP contribution >= 0.6 is 11.3 Å². The van der Waals surface area contributed by atoms with Crippen LogP contribution in [0.2, 0.25) is 0 Å². The van der Waals surface area contributed by atoms with Crippen molar-refractivity contribution < 1.29 is 8.81 Å². The number of thiazole rings is 1. The van der Waals surface area contributed by atoms with Gasteiger partial charge in [0, 0.05) is 10.4 Å². The highest BCUT2D eigenvalue weighted by atomic mass is 32.1. The normalized spacial score (nSPS) is 10.9. The molecule has 2 N–H and O–H groups in total. The zero-order valence-electron chi connectivity index (χ0n) is 10.6. The Labute approximate surface area is 118 Å². The summed E-state index contributed by atoms with van der Waals surface area (Å²) in [6.45, 7) is 1.92. The number of rotatable bonds is 3. The molecule has 102 valence electrons. The third kappa shape index (κ3) is 2.53. The number of aromatic nitrogens is 3. The Morgan fingerprint density at radius 3 is 2.65 bits per heavy atom. The number of nitrogens with two attached hydrogens (primary N) is 1. The lowest BCUT2D eigenvalue weighted by molar-refractivity contribution is 0.524. The molecule has 1 aromatic carbocycles. The molecule has 0 atom stereocenters. The zero-order valence-corrected chi connectivity index (χ0v) is 11.4. The molecule has 3 rings (SSSR count). The Bertz CT molecular complexity index is 735. The van der Waals surface area contributed by atoms with E-state index in [0.717, 1.165) is 21.1 Å². The van der Waals surface area contributed by atoms with E-state index in [2.05, 4.69) is 15.2 Å². The van der Waals surface area contributed by atoms with E-state index in [1.54, 1.807) is 23.5 Å². The molecule has 0 aliphatic rings. The molecular weight excluding hydrogens is 279 g/mol. The summed E-state index contributed by atoms with van der Waals surface area (Å²) in [5.74, 6) is 0.168. The predicted octanol–water partition coefficient (Wildman–Crippen LogP) is 2.81. The lowest BCUT2D eigenvalue weighted by Gasteiger charge is -2.00. The molecule has 2 heterocycles. The van der Waals surface area contributed by atoms with Gasteiger partial charge in [-0.05, 0) is 31.2 Å². The average Bonchev–Trinajstić information content (AvgIpc) is 2.97. The van der Waals surface area contributed by atoms with Crippen molar-refractivity contribution in [1.29, 1.82) is 0 Å². The van der Waals surface area contributed by atoms with Gasteiger partial charge in [0.15, 0.2) is 0 Å². The Hall–Kier alpha value is -2.28. The largest absolute Gasteiger partial charge is 0.408 e. The first kappa shape index (κ1) is 12.7. The van der Waals surface area contributed by atoms with Gasteiger partial charge in [-0.2, -0.15) is 0 Å². The van der Waals surface area contributed by atoms with Crippen molar-refractivity contribution in [3.63, 3.8) is 0 Å². The quantitative estimate of drug-likeness (QED) is 0.802. The maximum Gasteiger partial charge on any atom is 0.312 e.